The Labute approximate surface area is 89.4 Å². The smallest absolute Gasteiger partial charge is 0.251 e. The van der Waals surface area contributed by atoms with E-state index in [1.54, 1.807) is 6.92 Å². The van der Waals surface area contributed by atoms with Gasteiger partial charge >= 0.3 is 0 Å². The van der Waals surface area contributed by atoms with Crippen molar-refractivity contribution in [3.8, 4) is 0 Å². The fourth-order valence-electron chi connectivity index (χ4n) is 0.925. The van der Waals surface area contributed by atoms with Gasteiger partial charge in [0.25, 0.3) is 5.91 Å². The van der Waals surface area contributed by atoms with Crippen molar-refractivity contribution in [3.63, 3.8) is 0 Å². The van der Waals surface area contributed by atoms with E-state index < -0.39 is 0 Å². The highest BCUT2D eigenvalue weighted by Crippen LogP contribution is 2.10. The first-order chi connectivity index (χ1) is 6.63. The minimum Gasteiger partial charge on any atom is -0.322 e. The average molecular weight is 207 g/mol. The molecular weight excluding hydrogens is 194 g/mol. The minimum absolute atomic E-state index is 0.121. The van der Waals surface area contributed by atoms with Gasteiger partial charge in [-0.2, -0.15) is 12.6 Å². The lowest BCUT2D eigenvalue weighted by molar-refractivity contribution is -0.112. The summed E-state index contributed by atoms with van der Waals surface area (Å²) in [6.45, 7) is 3.72. The number of carbonyl (C=O) groups excluding carboxylic acids is 1. The zero-order valence-corrected chi connectivity index (χ0v) is 9.14. The van der Waals surface area contributed by atoms with Gasteiger partial charge in [-0.1, -0.05) is 17.7 Å². The van der Waals surface area contributed by atoms with Crippen molar-refractivity contribution in [2.45, 2.75) is 13.8 Å². The van der Waals surface area contributed by atoms with E-state index in [1.807, 2.05) is 31.2 Å². The first-order valence-corrected chi connectivity index (χ1v) is 4.84. The van der Waals surface area contributed by atoms with E-state index >= 15 is 0 Å². The molecule has 1 aromatic rings. The minimum atomic E-state index is -0.121. The molecule has 0 aliphatic rings. The van der Waals surface area contributed by atoms with Crippen LogP contribution >= 0.6 is 12.6 Å². The molecule has 0 atom stereocenters. The number of hydrogen-bond acceptors (Lipinski definition) is 2. The van der Waals surface area contributed by atoms with Crippen LogP contribution in [0.4, 0.5) is 5.69 Å². The molecule has 1 amide bonds. The number of benzene rings is 1. The van der Waals surface area contributed by atoms with Crippen LogP contribution in [0.15, 0.2) is 35.2 Å². The normalized spacial score (nSPS) is 11.2. The number of hydrogen-bond donors (Lipinski definition) is 2. The maximum atomic E-state index is 11.4. The van der Waals surface area contributed by atoms with Gasteiger partial charge in [0.05, 0.1) is 0 Å². The topological polar surface area (TPSA) is 29.1 Å². The molecule has 2 nitrogen and oxygen atoms in total. The molecule has 1 rings (SSSR count). The standard InChI is InChI=1S/C11H13NOS/c1-8-3-5-10(6-4-8)12-11(13)9(2)7-14/h3-7,14H,1-2H3,(H,12,13). The molecular formula is C11H13NOS. The highest BCUT2D eigenvalue weighted by molar-refractivity contribution is 7.83. The summed E-state index contributed by atoms with van der Waals surface area (Å²) in [4.78, 5) is 11.4. The molecule has 0 saturated carbocycles. The molecule has 1 N–H and O–H groups in total. The molecule has 0 radical (unpaired) electrons. The van der Waals surface area contributed by atoms with Gasteiger partial charge in [0.2, 0.25) is 0 Å². The SMILES string of the molecule is CC(=CS)C(=O)Nc1ccc(C)cc1. The molecule has 0 aliphatic carbocycles. The van der Waals surface area contributed by atoms with Gasteiger partial charge in [0, 0.05) is 11.3 Å². The zero-order valence-electron chi connectivity index (χ0n) is 8.24. The van der Waals surface area contributed by atoms with E-state index in [9.17, 15) is 4.79 Å². The number of carbonyl (C=O) groups is 1. The molecule has 0 fully saturated rings. The maximum absolute atomic E-state index is 11.4. The van der Waals surface area contributed by atoms with Gasteiger partial charge in [-0.25, -0.2) is 0 Å². The third kappa shape index (κ3) is 2.92. The van der Waals surface area contributed by atoms with Crippen molar-refractivity contribution in [2.75, 3.05) is 5.32 Å². The van der Waals surface area contributed by atoms with Gasteiger partial charge in [-0.05, 0) is 31.4 Å². The molecule has 0 spiro atoms. The second-order valence-corrected chi connectivity index (χ2v) is 3.39. The number of amides is 1. The summed E-state index contributed by atoms with van der Waals surface area (Å²) in [5, 5.41) is 4.25. The molecule has 0 saturated heterocycles. The summed E-state index contributed by atoms with van der Waals surface area (Å²) >= 11 is 3.91. The number of anilines is 1. The summed E-state index contributed by atoms with van der Waals surface area (Å²) in [6.07, 6.45) is 0. The molecule has 14 heavy (non-hydrogen) atoms. The van der Waals surface area contributed by atoms with E-state index in [0.29, 0.717) is 5.57 Å². The van der Waals surface area contributed by atoms with Crippen molar-refractivity contribution in [1.29, 1.82) is 0 Å². The van der Waals surface area contributed by atoms with E-state index in [-0.39, 0.29) is 5.91 Å². The van der Waals surface area contributed by atoms with E-state index in [1.165, 1.54) is 11.0 Å². The molecule has 0 bridgehead atoms. The Hall–Kier alpha value is -1.22. The van der Waals surface area contributed by atoms with Crippen LogP contribution in [0.25, 0.3) is 0 Å². The highest BCUT2D eigenvalue weighted by Gasteiger charge is 2.02. The van der Waals surface area contributed by atoms with E-state index in [0.717, 1.165) is 5.69 Å². The van der Waals surface area contributed by atoms with E-state index in [4.69, 9.17) is 0 Å². The number of thiol groups is 1. The second kappa shape index (κ2) is 4.86. The summed E-state index contributed by atoms with van der Waals surface area (Å²) < 4.78 is 0. The summed E-state index contributed by atoms with van der Waals surface area (Å²) in [7, 11) is 0. The lowest BCUT2D eigenvalue weighted by Gasteiger charge is -2.04. The van der Waals surface area contributed by atoms with Crippen molar-refractivity contribution < 1.29 is 4.79 Å². The van der Waals surface area contributed by atoms with Crippen LogP contribution in [0.1, 0.15) is 12.5 Å². The fraction of sp³-hybridized carbons (Fsp3) is 0.182. The molecule has 1 aromatic carbocycles. The molecule has 0 aliphatic heterocycles. The van der Waals surface area contributed by atoms with Gasteiger partial charge in [0.1, 0.15) is 0 Å². The van der Waals surface area contributed by atoms with Crippen LogP contribution in [0.2, 0.25) is 0 Å². The number of nitrogens with one attached hydrogen (secondary N) is 1. The van der Waals surface area contributed by atoms with Crippen LogP contribution in [0.5, 0.6) is 0 Å². The van der Waals surface area contributed by atoms with Crippen LogP contribution < -0.4 is 5.32 Å². The largest absolute Gasteiger partial charge is 0.322 e. The monoisotopic (exact) mass is 207 g/mol. The van der Waals surface area contributed by atoms with Crippen molar-refractivity contribution in [3.05, 3.63) is 40.8 Å². The Kier molecular flexibility index (Phi) is 3.77. The fourth-order valence-corrected chi connectivity index (χ4v) is 1.04. The lowest BCUT2D eigenvalue weighted by atomic mass is 10.2. The first kappa shape index (κ1) is 10.9. The molecule has 0 unspecified atom stereocenters. The molecule has 0 heterocycles. The highest BCUT2D eigenvalue weighted by atomic mass is 32.1. The van der Waals surface area contributed by atoms with Gasteiger partial charge in [0.15, 0.2) is 0 Å². The molecule has 0 aromatic heterocycles. The zero-order chi connectivity index (χ0) is 10.6. The van der Waals surface area contributed by atoms with Gasteiger partial charge in [-0.15, -0.1) is 0 Å². The Morgan fingerprint density at radius 1 is 1.36 bits per heavy atom. The van der Waals surface area contributed by atoms with Gasteiger partial charge in [-0.3, -0.25) is 4.79 Å². The first-order valence-electron chi connectivity index (χ1n) is 4.32. The predicted molar refractivity (Wildman–Crippen MR) is 62.6 cm³/mol. The van der Waals surface area contributed by atoms with Crippen molar-refractivity contribution in [2.24, 2.45) is 0 Å². The summed E-state index contributed by atoms with van der Waals surface area (Å²) in [5.74, 6) is -0.121. The second-order valence-electron chi connectivity index (χ2n) is 3.13. The molecule has 74 valence electrons. The summed E-state index contributed by atoms with van der Waals surface area (Å²) in [5.41, 5.74) is 2.56. The predicted octanol–water partition coefficient (Wildman–Crippen LogP) is 2.77. The molecule has 3 heteroatoms. The van der Waals surface area contributed by atoms with Crippen LogP contribution in [-0.4, -0.2) is 5.91 Å². The Morgan fingerprint density at radius 2 is 1.93 bits per heavy atom. The van der Waals surface area contributed by atoms with Gasteiger partial charge < -0.3 is 5.32 Å². The lowest BCUT2D eigenvalue weighted by Crippen LogP contribution is -2.12. The third-order valence-corrected chi connectivity index (χ3v) is 2.25. The van der Waals surface area contributed by atoms with Crippen LogP contribution in [0.3, 0.4) is 0 Å². The summed E-state index contributed by atoms with van der Waals surface area (Å²) in [6, 6.07) is 7.66. The Bertz CT molecular complexity index is 354. The van der Waals surface area contributed by atoms with Crippen LogP contribution in [0, 0.1) is 6.92 Å². The van der Waals surface area contributed by atoms with Crippen molar-refractivity contribution in [1.82, 2.24) is 0 Å². The Morgan fingerprint density at radius 3 is 2.43 bits per heavy atom. The Balaban J connectivity index is 2.70. The van der Waals surface area contributed by atoms with Crippen molar-refractivity contribution >= 4 is 24.2 Å². The average Bonchev–Trinajstić information content (AvgIpc) is 2.20. The van der Waals surface area contributed by atoms with Crippen LogP contribution in [-0.2, 0) is 4.79 Å². The number of rotatable bonds is 2. The quantitative estimate of drug-likeness (QED) is 0.566. The maximum Gasteiger partial charge on any atom is 0.251 e. The van der Waals surface area contributed by atoms with E-state index in [2.05, 4.69) is 17.9 Å². The number of aryl methyl sites for hydroxylation is 1. The third-order valence-electron chi connectivity index (χ3n) is 1.86.